The summed E-state index contributed by atoms with van der Waals surface area (Å²) in [7, 11) is -2.30. The van der Waals surface area contributed by atoms with Crippen molar-refractivity contribution in [3.63, 3.8) is 0 Å². The van der Waals surface area contributed by atoms with Crippen molar-refractivity contribution in [2.45, 2.75) is 11.8 Å². The fraction of sp³-hybridized carbons (Fsp3) is 0.143. The van der Waals surface area contributed by atoms with E-state index < -0.39 is 10.0 Å². The lowest BCUT2D eigenvalue weighted by molar-refractivity contribution is -0.110. The minimum absolute atomic E-state index is 0.0731. The van der Waals surface area contributed by atoms with Crippen molar-refractivity contribution in [2.75, 3.05) is 7.11 Å². The number of allylic oxidation sites excluding steroid dienone is 4. The highest BCUT2D eigenvalue weighted by Crippen LogP contribution is 2.19. The van der Waals surface area contributed by atoms with Gasteiger partial charge in [0.1, 0.15) is 5.75 Å². The monoisotopic (exact) mass is 291 g/mol. The molecule has 0 bridgehead atoms. The lowest BCUT2D eigenvalue weighted by Gasteiger charge is -2.06. The van der Waals surface area contributed by atoms with Crippen molar-refractivity contribution in [3.8, 4) is 5.75 Å². The topological polar surface area (TPSA) is 72.8 Å². The van der Waals surface area contributed by atoms with Gasteiger partial charge in [0.05, 0.1) is 17.7 Å². The lowest BCUT2D eigenvalue weighted by Crippen LogP contribution is -2.09. The van der Waals surface area contributed by atoms with Gasteiger partial charge in [-0.25, -0.2) is 0 Å². The molecular weight excluding hydrogens is 278 g/mol. The first-order chi connectivity index (χ1) is 9.42. The van der Waals surface area contributed by atoms with E-state index in [2.05, 4.69) is 4.40 Å². The number of rotatable bonds is 3. The molecule has 1 aromatic rings. The van der Waals surface area contributed by atoms with E-state index >= 15 is 0 Å². The first-order valence-corrected chi connectivity index (χ1v) is 7.26. The molecule has 0 heterocycles. The Balaban J connectivity index is 2.38. The van der Waals surface area contributed by atoms with Gasteiger partial charge in [0, 0.05) is 0 Å². The highest BCUT2D eigenvalue weighted by molar-refractivity contribution is 7.90. The first kappa shape index (κ1) is 14.2. The third kappa shape index (κ3) is 3.03. The van der Waals surface area contributed by atoms with Crippen LogP contribution in [0.25, 0.3) is 0 Å². The predicted octanol–water partition coefficient (Wildman–Crippen LogP) is 1.91. The van der Waals surface area contributed by atoms with Gasteiger partial charge in [-0.05, 0) is 55.0 Å². The van der Waals surface area contributed by atoms with Gasteiger partial charge in [0.2, 0.25) is 0 Å². The number of benzene rings is 1. The number of ketones is 1. The van der Waals surface area contributed by atoms with E-state index in [1.54, 1.807) is 19.1 Å². The maximum absolute atomic E-state index is 12.2. The summed E-state index contributed by atoms with van der Waals surface area (Å²) < 4.78 is 33.0. The van der Waals surface area contributed by atoms with Crippen LogP contribution < -0.4 is 4.74 Å². The molecule has 0 spiro atoms. The van der Waals surface area contributed by atoms with E-state index in [4.69, 9.17) is 4.74 Å². The molecule has 0 N–H and O–H groups in total. The predicted molar refractivity (Wildman–Crippen MR) is 75.5 cm³/mol. The van der Waals surface area contributed by atoms with E-state index in [9.17, 15) is 13.2 Å². The molecule has 1 aromatic carbocycles. The zero-order valence-corrected chi connectivity index (χ0v) is 11.8. The van der Waals surface area contributed by atoms with Crippen molar-refractivity contribution in [1.29, 1.82) is 0 Å². The molecule has 0 saturated carbocycles. The molecule has 1 aliphatic rings. The second-order valence-corrected chi connectivity index (χ2v) is 5.79. The molecule has 0 aliphatic heterocycles. The molecule has 0 radical (unpaired) electrons. The van der Waals surface area contributed by atoms with E-state index in [1.165, 1.54) is 37.5 Å². The molecule has 104 valence electrons. The van der Waals surface area contributed by atoms with Crippen molar-refractivity contribution in [2.24, 2.45) is 4.40 Å². The van der Waals surface area contributed by atoms with E-state index in [0.717, 1.165) is 0 Å². The standard InChI is InChI=1S/C14H13NO4S/c1-10-9-11(16)3-8-14(10)15-20(17,18)13-6-4-12(19-2)5-7-13/h3-9H,1-2H3. The third-order valence-corrected chi connectivity index (χ3v) is 4.05. The Labute approximate surface area is 117 Å². The number of methoxy groups -OCH3 is 1. The SMILES string of the molecule is COc1ccc(S(=O)(=O)N=C2C=CC(=O)C=C2C)cc1. The molecule has 0 saturated heterocycles. The normalized spacial score (nSPS) is 17.2. The second-order valence-electron chi connectivity index (χ2n) is 4.19. The van der Waals surface area contributed by atoms with Crippen LogP contribution >= 0.6 is 0 Å². The van der Waals surface area contributed by atoms with Crippen molar-refractivity contribution >= 4 is 21.5 Å². The van der Waals surface area contributed by atoms with Crippen LogP contribution in [0.3, 0.4) is 0 Å². The maximum Gasteiger partial charge on any atom is 0.282 e. The van der Waals surface area contributed by atoms with Gasteiger partial charge in [-0.3, -0.25) is 4.79 Å². The number of sulfonamides is 1. The minimum atomic E-state index is -3.81. The number of nitrogens with zero attached hydrogens (tertiary/aromatic N) is 1. The summed E-state index contributed by atoms with van der Waals surface area (Å²) in [4.78, 5) is 11.2. The fourth-order valence-electron chi connectivity index (χ4n) is 1.66. The molecule has 20 heavy (non-hydrogen) atoms. The number of carbonyl (C=O) groups is 1. The Morgan fingerprint density at radius 1 is 1.10 bits per heavy atom. The Hall–Kier alpha value is -2.21. The van der Waals surface area contributed by atoms with Crippen LogP contribution in [-0.2, 0) is 14.8 Å². The molecule has 0 amide bonds. The number of hydrogen-bond acceptors (Lipinski definition) is 4. The average Bonchev–Trinajstić information content (AvgIpc) is 2.42. The summed E-state index contributed by atoms with van der Waals surface area (Å²) in [6, 6.07) is 5.95. The molecule has 2 rings (SSSR count). The van der Waals surface area contributed by atoms with Crippen LogP contribution in [0.1, 0.15) is 6.92 Å². The summed E-state index contributed by atoms with van der Waals surface area (Å²) in [5, 5.41) is 0. The lowest BCUT2D eigenvalue weighted by atomic mass is 10.1. The third-order valence-electron chi connectivity index (χ3n) is 2.74. The van der Waals surface area contributed by atoms with Gasteiger partial charge in [0.25, 0.3) is 10.0 Å². The summed E-state index contributed by atoms with van der Waals surface area (Å²) >= 11 is 0. The van der Waals surface area contributed by atoms with Gasteiger partial charge in [0.15, 0.2) is 5.78 Å². The maximum atomic E-state index is 12.2. The minimum Gasteiger partial charge on any atom is -0.497 e. The molecule has 0 atom stereocenters. The first-order valence-electron chi connectivity index (χ1n) is 5.82. The largest absolute Gasteiger partial charge is 0.497 e. The number of carbonyl (C=O) groups excluding carboxylic acids is 1. The Morgan fingerprint density at radius 3 is 2.30 bits per heavy atom. The smallest absolute Gasteiger partial charge is 0.282 e. The Kier molecular flexibility index (Phi) is 3.85. The van der Waals surface area contributed by atoms with E-state index in [1.807, 2.05) is 0 Å². The van der Waals surface area contributed by atoms with E-state index in [-0.39, 0.29) is 16.4 Å². The van der Waals surface area contributed by atoms with Gasteiger partial charge >= 0.3 is 0 Å². The molecule has 5 nitrogen and oxygen atoms in total. The summed E-state index contributed by atoms with van der Waals surface area (Å²) in [6.07, 6.45) is 4.04. The van der Waals surface area contributed by atoms with Gasteiger partial charge < -0.3 is 4.74 Å². The fourth-order valence-corrected chi connectivity index (χ4v) is 2.71. The van der Waals surface area contributed by atoms with Crippen LogP contribution in [0.4, 0.5) is 0 Å². The second kappa shape index (κ2) is 5.42. The highest BCUT2D eigenvalue weighted by atomic mass is 32.2. The van der Waals surface area contributed by atoms with Crippen molar-refractivity contribution in [3.05, 3.63) is 48.1 Å². The van der Waals surface area contributed by atoms with Crippen molar-refractivity contribution in [1.82, 2.24) is 0 Å². The molecule has 0 fully saturated rings. The van der Waals surface area contributed by atoms with Crippen LogP contribution in [-0.4, -0.2) is 27.0 Å². The molecule has 0 aromatic heterocycles. The number of hydrogen-bond donors (Lipinski definition) is 0. The molecular formula is C14H13NO4S. The Bertz CT molecular complexity index is 725. The van der Waals surface area contributed by atoms with Crippen LogP contribution in [0.2, 0.25) is 0 Å². The number of ether oxygens (including phenoxy) is 1. The van der Waals surface area contributed by atoms with Crippen LogP contribution in [0.15, 0.2) is 57.4 Å². The average molecular weight is 291 g/mol. The van der Waals surface area contributed by atoms with Gasteiger partial charge in [-0.15, -0.1) is 0 Å². The summed E-state index contributed by atoms with van der Waals surface area (Å²) in [6.45, 7) is 1.64. The molecule has 0 unspecified atom stereocenters. The van der Waals surface area contributed by atoms with Crippen molar-refractivity contribution < 1.29 is 17.9 Å². The summed E-state index contributed by atoms with van der Waals surface area (Å²) in [5.41, 5.74) is 0.787. The van der Waals surface area contributed by atoms with Crippen LogP contribution in [0, 0.1) is 0 Å². The zero-order chi connectivity index (χ0) is 14.8. The highest BCUT2D eigenvalue weighted by Gasteiger charge is 2.16. The van der Waals surface area contributed by atoms with Crippen LogP contribution in [0.5, 0.6) is 5.75 Å². The quantitative estimate of drug-likeness (QED) is 0.797. The van der Waals surface area contributed by atoms with Gasteiger partial charge in [-0.2, -0.15) is 12.8 Å². The zero-order valence-electron chi connectivity index (χ0n) is 11.0. The van der Waals surface area contributed by atoms with Gasteiger partial charge in [-0.1, -0.05) is 0 Å². The Morgan fingerprint density at radius 2 is 1.75 bits per heavy atom. The van der Waals surface area contributed by atoms with E-state index in [0.29, 0.717) is 11.3 Å². The summed E-state index contributed by atoms with van der Waals surface area (Å²) in [5.74, 6) is 0.388. The molecule has 1 aliphatic carbocycles. The molecule has 6 heteroatoms.